The SMILES string of the molecule is Cc1cc(Cc2ccccc2Cl)cc(C2CN(C(=O)CN3CCNC(=O)C3)CCO2)n1. The maximum Gasteiger partial charge on any atom is 0.236 e. The van der Waals surface area contributed by atoms with Gasteiger partial charge in [-0.2, -0.15) is 0 Å². The number of carbonyl (C=O) groups is 2. The Bertz CT molecular complexity index is 968. The Labute approximate surface area is 187 Å². The third kappa shape index (κ3) is 5.61. The third-order valence-electron chi connectivity index (χ3n) is 5.61. The zero-order valence-corrected chi connectivity index (χ0v) is 18.4. The molecule has 2 aromatic rings. The Morgan fingerprint density at radius 2 is 2.13 bits per heavy atom. The molecule has 2 aliphatic heterocycles. The van der Waals surface area contributed by atoms with Crippen LogP contribution < -0.4 is 5.32 Å². The second-order valence-electron chi connectivity index (χ2n) is 8.07. The molecule has 2 fully saturated rings. The zero-order chi connectivity index (χ0) is 21.8. The minimum atomic E-state index is -0.271. The van der Waals surface area contributed by atoms with Gasteiger partial charge in [-0.15, -0.1) is 0 Å². The Morgan fingerprint density at radius 1 is 1.29 bits per heavy atom. The summed E-state index contributed by atoms with van der Waals surface area (Å²) in [6.45, 7) is 5.23. The highest BCUT2D eigenvalue weighted by atomic mass is 35.5. The number of hydrogen-bond donors (Lipinski definition) is 1. The van der Waals surface area contributed by atoms with Gasteiger partial charge in [0.15, 0.2) is 0 Å². The van der Waals surface area contributed by atoms with Gasteiger partial charge in [0.2, 0.25) is 11.8 Å². The summed E-state index contributed by atoms with van der Waals surface area (Å²) in [7, 11) is 0. The molecule has 8 heteroatoms. The lowest BCUT2D eigenvalue weighted by Gasteiger charge is -2.35. The first kappa shape index (κ1) is 21.7. The van der Waals surface area contributed by atoms with Crippen LogP contribution in [-0.4, -0.2) is 72.5 Å². The summed E-state index contributed by atoms with van der Waals surface area (Å²) in [5, 5.41) is 3.53. The third-order valence-corrected chi connectivity index (χ3v) is 5.98. The average Bonchev–Trinajstić information content (AvgIpc) is 2.75. The molecule has 1 N–H and O–H groups in total. The van der Waals surface area contributed by atoms with Crippen LogP contribution in [0.2, 0.25) is 5.02 Å². The van der Waals surface area contributed by atoms with E-state index < -0.39 is 0 Å². The summed E-state index contributed by atoms with van der Waals surface area (Å²) in [5.41, 5.74) is 3.91. The maximum atomic E-state index is 12.8. The largest absolute Gasteiger partial charge is 0.368 e. The average molecular weight is 443 g/mol. The number of benzene rings is 1. The Kier molecular flexibility index (Phi) is 6.85. The molecule has 0 spiro atoms. The fourth-order valence-electron chi connectivity index (χ4n) is 4.07. The summed E-state index contributed by atoms with van der Waals surface area (Å²) in [4.78, 5) is 32.8. The highest BCUT2D eigenvalue weighted by Crippen LogP contribution is 2.25. The zero-order valence-electron chi connectivity index (χ0n) is 17.6. The van der Waals surface area contributed by atoms with Crippen LogP contribution in [0.4, 0.5) is 0 Å². The van der Waals surface area contributed by atoms with Crippen LogP contribution in [0.5, 0.6) is 0 Å². The molecule has 1 aromatic carbocycles. The lowest BCUT2D eigenvalue weighted by atomic mass is 10.0. The van der Waals surface area contributed by atoms with Gasteiger partial charge in [0, 0.05) is 30.4 Å². The van der Waals surface area contributed by atoms with Gasteiger partial charge in [0.1, 0.15) is 6.10 Å². The molecule has 2 amide bonds. The maximum absolute atomic E-state index is 12.8. The number of morpholine rings is 1. The molecule has 0 aliphatic carbocycles. The Morgan fingerprint density at radius 3 is 2.94 bits per heavy atom. The minimum absolute atomic E-state index is 0.0203. The number of carbonyl (C=O) groups excluding carboxylic acids is 2. The first-order valence-electron chi connectivity index (χ1n) is 10.6. The van der Waals surface area contributed by atoms with E-state index in [-0.39, 0.29) is 31.0 Å². The van der Waals surface area contributed by atoms with Crippen LogP contribution >= 0.6 is 11.6 Å². The van der Waals surface area contributed by atoms with Crippen LogP contribution in [0.1, 0.15) is 28.6 Å². The van der Waals surface area contributed by atoms with E-state index in [0.29, 0.717) is 39.2 Å². The normalized spacial score (nSPS) is 19.9. The number of ether oxygens (including phenoxy) is 1. The lowest BCUT2D eigenvalue weighted by Crippen LogP contribution is -2.52. The Balaban J connectivity index is 1.44. The van der Waals surface area contributed by atoms with Crippen molar-refractivity contribution in [2.45, 2.75) is 19.4 Å². The highest BCUT2D eigenvalue weighted by molar-refractivity contribution is 6.31. The van der Waals surface area contributed by atoms with E-state index in [1.54, 1.807) is 0 Å². The first-order valence-corrected chi connectivity index (χ1v) is 10.9. The summed E-state index contributed by atoms with van der Waals surface area (Å²) in [5.74, 6) is -0.0131. The van der Waals surface area contributed by atoms with E-state index in [0.717, 1.165) is 27.5 Å². The number of aryl methyl sites for hydroxylation is 1. The van der Waals surface area contributed by atoms with Crippen molar-refractivity contribution in [1.29, 1.82) is 0 Å². The molecule has 1 atom stereocenters. The summed E-state index contributed by atoms with van der Waals surface area (Å²) in [6.07, 6.45) is 0.440. The predicted octanol–water partition coefficient (Wildman–Crippen LogP) is 1.97. The molecule has 164 valence electrons. The molecule has 31 heavy (non-hydrogen) atoms. The van der Waals surface area contributed by atoms with Crippen LogP contribution in [0, 0.1) is 6.92 Å². The topological polar surface area (TPSA) is 74.8 Å². The van der Waals surface area contributed by atoms with Crippen molar-refractivity contribution in [2.75, 3.05) is 45.9 Å². The number of halogens is 1. The van der Waals surface area contributed by atoms with Crippen molar-refractivity contribution in [3.8, 4) is 0 Å². The number of rotatable bonds is 5. The molecule has 0 bridgehead atoms. The van der Waals surface area contributed by atoms with Crippen molar-refractivity contribution in [2.24, 2.45) is 0 Å². The number of nitrogens with one attached hydrogen (secondary N) is 1. The second-order valence-corrected chi connectivity index (χ2v) is 8.48. The molecule has 0 radical (unpaired) electrons. The Hall–Kier alpha value is -2.48. The second kappa shape index (κ2) is 9.77. The van der Waals surface area contributed by atoms with Gasteiger partial charge in [0.25, 0.3) is 0 Å². The highest BCUT2D eigenvalue weighted by Gasteiger charge is 2.28. The molecule has 2 saturated heterocycles. The smallest absolute Gasteiger partial charge is 0.236 e. The van der Waals surface area contributed by atoms with Gasteiger partial charge in [-0.25, -0.2) is 0 Å². The monoisotopic (exact) mass is 442 g/mol. The van der Waals surface area contributed by atoms with E-state index in [4.69, 9.17) is 16.3 Å². The number of piperazine rings is 1. The molecule has 4 rings (SSSR count). The fraction of sp³-hybridized carbons (Fsp3) is 0.435. The summed E-state index contributed by atoms with van der Waals surface area (Å²) in [6, 6.07) is 11.9. The van der Waals surface area contributed by atoms with Crippen molar-refractivity contribution in [3.05, 3.63) is 63.9 Å². The number of aromatic nitrogens is 1. The molecular formula is C23H27ClN4O3. The van der Waals surface area contributed by atoms with E-state index in [9.17, 15) is 9.59 Å². The number of hydrogen-bond acceptors (Lipinski definition) is 5. The van der Waals surface area contributed by atoms with Crippen LogP contribution in [0.3, 0.4) is 0 Å². The van der Waals surface area contributed by atoms with Gasteiger partial charge in [-0.05, 0) is 42.7 Å². The fourth-order valence-corrected chi connectivity index (χ4v) is 4.27. The van der Waals surface area contributed by atoms with Gasteiger partial charge < -0.3 is 15.0 Å². The van der Waals surface area contributed by atoms with Crippen molar-refractivity contribution in [3.63, 3.8) is 0 Å². The van der Waals surface area contributed by atoms with Crippen molar-refractivity contribution < 1.29 is 14.3 Å². The molecule has 0 saturated carbocycles. The van der Waals surface area contributed by atoms with Gasteiger partial charge in [-0.3, -0.25) is 19.5 Å². The molecule has 7 nitrogen and oxygen atoms in total. The molecule has 2 aliphatic rings. The van der Waals surface area contributed by atoms with E-state index in [1.165, 1.54) is 0 Å². The van der Waals surface area contributed by atoms with Crippen LogP contribution in [-0.2, 0) is 20.7 Å². The number of amides is 2. The lowest BCUT2D eigenvalue weighted by molar-refractivity contribution is -0.141. The van der Waals surface area contributed by atoms with Gasteiger partial charge in [-0.1, -0.05) is 29.8 Å². The summed E-state index contributed by atoms with van der Waals surface area (Å²) < 4.78 is 5.98. The predicted molar refractivity (Wildman–Crippen MR) is 118 cm³/mol. The quantitative estimate of drug-likeness (QED) is 0.766. The van der Waals surface area contributed by atoms with Gasteiger partial charge >= 0.3 is 0 Å². The minimum Gasteiger partial charge on any atom is -0.368 e. The standard InChI is InChI=1S/C23H27ClN4O3/c1-16-10-17(11-18-4-2-3-5-19(18)24)12-20(26-16)21-13-28(8-9-31-21)23(30)15-27-7-6-25-22(29)14-27/h2-5,10,12,21H,6-9,11,13-15H2,1H3,(H,25,29). The van der Waals surface area contributed by atoms with Crippen LogP contribution in [0.15, 0.2) is 36.4 Å². The van der Waals surface area contributed by atoms with Crippen molar-refractivity contribution >= 4 is 23.4 Å². The number of pyridine rings is 1. The van der Waals surface area contributed by atoms with E-state index >= 15 is 0 Å². The van der Waals surface area contributed by atoms with Crippen molar-refractivity contribution in [1.82, 2.24) is 20.1 Å². The molecule has 1 unspecified atom stereocenters. The first-order chi connectivity index (χ1) is 15.0. The van der Waals surface area contributed by atoms with Gasteiger partial charge in [0.05, 0.1) is 31.9 Å². The molecule has 3 heterocycles. The molecule has 1 aromatic heterocycles. The summed E-state index contributed by atoms with van der Waals surface area (Å²) >= 11 is 6.33. The molecular weight excluding hydrogens is 416 g/mol. The van der Waals surface area contributed by atoms with E-state index in [1.807, 2.05) is 47.1 Å². The van der Waals surface area contributed by atoms with E-state index in [2.05, 4.69) is 16.4 Å². The number of nitrogens with zero attached hydrogens (tertiary/aromatic N) is 3. The van der Waals surface area contributed by atoms with Crippen LogP contribution in [0.25, 0.3) is 0 Å².